The summed E-state index contributed by atoms with van der Waals surface area (Å²) >= 11 is 6.71. The number of aromatic nitrogens is 1. The number of nitrogens with one attached hydrogen (secondary N) is 1. The molecule has 1 aromatic carbocycles. The molecule has 2 rings (SSSR count). The lowest BCUT2D eigenvalue weighted by molar-refractivity contribution is 0.100. The zero-order chi connectivity index (χ0) is 14.0. The second-order valence-corrected chi connectivity index (χ2v) is 4.92. The van der Waals surface area contributed by atoms with Crippen molar-refractivity contribution < 1.29 is 9.18 Å². The molecule has 5 nitrogen and oxygen atoms in total. The summed E-state index contributed by atoms with van der Waals surface area (Å²) in [7, 11) is 0. The molecule has 5 N–H and O–H groups in total. The Morgan fingerprint density at radius 3 is 2.89 bits per heavy atom. The van der Waals surface area contributed by atoms with E-state index in [1.807, 2.05) is 0 Å². The van der Waals surface area contributed by atoms with Crippen molar-refractivity contribution >= 4 is 39.9 Å². The van der Waals surface area contributed by atoms with Crippen LogP contribution in [0.5, 0.6) is 0 Å². The van der Waals surface area contributed by atoms with Gasteiger partial charge in [-0.25, -0.2) is 4.39 Å². The van der Waals surface area contributed by atoms with Crippen LogP contribution in [0.2, 0.25) is 5.02 Å². The third-order valence-electron chi connectivity index (χ3n) is 2.40. The predicted octanol–water partition coefficient (Wildman–Crippen LogP) is 2.23. The number of carbonyl (C=O) groups excluding carboxylic acids is 1. The van der Waals surface area contributed by atoms with Crippen LogP contribution in [0.4, 0.5) is 15.2 Å². The van der Waals surface area contributed by atoms with Crippen LogP contribution in [0.3, 0.4) is 0 Å². The standard InChI is InChI=1S/C11H10ClFN4OS/c12-6-3-5(1-2-7(6)13)4-16-11-8(10(15)18)9(14)17-19-11/h1-3,16H,4H2,(H2,14,17)(H2,15,18). The van der Waals surface area contributed by atoms with Gasteiger partial charge in [-0.15, -0.1) is 0 Å². The third-order valence-corrected chi connectivity index (χ3v) is 3.51. The highest BCUT2D eigenvalue weighted by molar-refractivity contribution is 7.11. The first kappa shape index (κ1) is 13.6. The second kappa shape index (κ2) is 5.41. The number of amides is 1. The van der Waals surface area contributed by atoms with Gasteiger partial charge in [-0.1, -0.05) is 17.7 Å². The van der Waals surface area contributed by atoms with E-state index in [2.05, 4.69) is 9.69 Å². The van der Waals surface area contributed by atoms with Gasteiger partial charge in [0.25, 0.3) is 5.91 Å². The molecule has 100 valence electrons. The van der Waals surface area contributed by atoms with Gasteiger partial charge in [-0.3, -0.25) is 4.79 Å². The molecule has 0 aliphatic carbocycles. The molecule has 0 aliphatic rings. The molecule has 0 radical (unpaired) electrons. The molecule has 0 unspecified atom stereocenters. The van der Waals surface area contributed by atoms with Gasteiger partial charge in [0.1, 0.15) is 16.4 Å². The molecule has 1 aromatic heterocycles. The molecule has 8 heteroatoms. The quantitative estimate of drug-likeness (QED) is 0.807. The molecule has 1 amide bonds. The van der Waals surface area contributed by atoms with Crippen LogP contribution in [0, 0.1) is 5.82 Å². The van der Waals surface area contributed by atoms with E-state index >= 15 is 0 Å². The molecule has 0 saturated carbocycles. The van der Waals surface area contributed by atoms with Crippen molar-refractivity contribution in [2.75, 3.05) is 11.1 Å². The number of benzene rings is 1. The van der Waals surface area contributed by atoms with E-state index in [9.17, 15) is 9.18 Å². The fourth-order valence-electron chi connectivity index (χ4n) is 1.49. The van der Waals surface area contributed by atoms with Crippen molar-refractivity contribution in [2.24, 2.45) is 5.73 Å². The van der Waals surface area contributed by atoms with Gasteiger partial charge in [0.15, 0.2) is 5.82 Å². The number of nitrogens with zero attached hydrogens (tertiary/aromatic N) is 1. The smallest absolute Gasteiger partial charge is 0.255 e. The molecule has 0 aliphatic heterocycles. The van der Waals surface area contributed by atoms with E-state index in [0.717, 1.165) is 17.1 Å². The van der Waals surface area contributed by atoms with Crippen molar-refractivity contribution in [1.29, 1.82) is 0 Å². The number of hydrogen-bond donors (Lipinski definition) is 3. The molecule has 19 heavy (non-hydrogen) atoms. The lowest BCUT2D eigenvalue weighted by Gasteiger charge is -2.06. The van der Waals surface area contributed by atoms with Crippen molar-refractivity contribution in [3.8, 4) is 0 Å². The maximum absolute atomic E-state index is 13.0. The van der Waals surface area contributed by atoms with Gasteiger partial charge in [0, 0.05) is 6.54 Å². The first-order valence-electron chi connectivity index (χ1n) is 5.21. The van der Waals surface area contributed by atoms with Crippen molar-refractivity contribution in [1.82, 2.24) is 4.37 Å². The van der Waals surface area contributed by atoms with Crippen LogP contribution in [0.1, 0.15) is 15.9 Å². The molecule has 2 aromatic rings. The van der Waals surface area contributed by atoms with Crippen molar-refractivity contribution in [3.05, 3.63) is 40.2 Å². The Kier molecular flexibility index (Phi) is 3.87. The lowest BCUT2D eigenvalue weighted by atomic mass is 10.2. The SMILES string of the molecule is NC(=O)c1c(N)nsc1NCc1ccc(F)c(Cl)c1. The van der Waals surface area contributed by atoms with E-state index < -0.39 is 11.7 Å². The minimum Gasteiger partial charge on any atom is -0.382 e. The maximum Gasteiger partial charge on any atom is 0.255 e. The van der Waals surface area contributed by atoms with Crippen LogP contribution in [0.25, 0.3) is 0 Å². The summed E-state index contributed by atoms with van der Waals surface area (Å²) in [5, 5.41) is 3.49. The molecule has 1 heterocycles. The number of primary amides is 1. The number of nitrogen functional groups attached to an aromatic ring is 1. The fraction of sp³-hybridized carbons (Fsp3) is 0.0909. The third kappa shape index (κ3) is 2.94. The van der Waals surface area contributed by atoms with Gasteiger partial charge in [0.2, 0.25) is 0 Å². The molecular formula is C11H10ClFN4OS. The Labute approximate surface area is 117 Å². The van der Waals surface area contributed by atoms with Gasteiger partial charge in [-0.2, -0.15) is 4.37 Å². The van der Waals surface area contributed by atoms with E-state index in [0.29, 0.717) is 11.5 Å². The van der Waals surface area contributed by atoms with Crippen LogP contribution in [0.15, 0.2) is 18.2 Å². The van der Waals surface area contributed by atoms with Gasteiger partial charge in [0.05, 0.1) is 5.02 Å². The highest BCUT2D eigenvalue weighted by atomic mass is 35.5. The predicted molar refractivity (Wildman–Crippen MR) is 73.8 cm³/mol. The largest absolute Gasteiger partial charge is 0.382 e. The lowest BCUT2D eigenvalue weighted by Crippen LogP contribution is -2.14. The maximum atomic E-state index is 13.0. The molecule has 0 fully saturated rings. The molecule has 0 saturated heterocycles. The van der Waals surface area contributed by atoms with Gasteiger partial charge in [-0.05, 0) is 29.2 Å². The van der Waals surface area contributed by atoms with Crippen LogP contribution >= 0.6 is 23.1 Å². The summed E-state index contributed by atoms with van der Waals surface area (Å²) in [4.78, 5) is 11.2. The Morgan fingerprint density at radius 2 is 2.26 bits per heavy atom. The first-order chi connectivity index (χ1) is 8.99. The molecule has 0 bridgehead atoms. The second-order valence-electron chi connectivity index (χ2n) is 3.74. The monoisotopic (exact) mass is 300 g/mol. The number of rotatable bonds is 4. The van der Waals surface area contributed by atoms with E-state index in [-0.39, 0.29) is 16.4 Å². The summed E-state index contributed by atoms with van der Waals surface area (Å²) in [6, 6.07) is 4.36. The summed E-state index contributed by atoms with van der Waals surface area (Å²) in [6.07, 6.45) is 0. The van der Waals surface area contributed by atoms with Crippen molar-refractivity contribution in [2.45, 2.75) is 6.54 Å². The van der Waals surface area contributed by atoms with E-state index in [4.69, 9.17) is 23.1 Å². The van der Waals surface area contributed by atoms with Gasteiger partial charge < -0.3 is 16.8 Å². The summed E-state index contributed by atoms with van der Waals surface area (Å²) in [5.41, 5.74) is 11.7. The fourth-order valence-corrected chi connectivity index (χ4v) is 2.41. The Balaban J connectivity index is 2.14. The average molecular weight is 301 g/mol. The average Bonchev–Trinajstić information content (AvgIpc) is 2.72. The highest BCUT2D eigenvalue weighted by Gasteiger charge is 2.16. The normalized spacial score (nSPS) is 10.4. The van der Waals surface area contributed by atoms with Crippen LogP contribution in [-0.4, -0.2) is 10.3 Å². The Bertz CT molecular complexity index is 631. The molecule has 0 atom stereocenters. The Morgan fingerprint density at radius 1 is 1.53 bits per heavy atom. The van der Waals surface area contributed by atoms with Crippen molar-refractivity contribution in [3.63, 3.8) is 0 Å². The zero-order valence-corrected chi connectivity index (χ0v) is 11.2. The molecular weight excluding hydrogens is 291 g/mol. The Hall–Kier alpha value is -1.86. The van der Waals surface area contributed by atoms with Crippen LogP contribution < -0.4 is 16.8 Å². The van der Waals surface area contributed by atoms with Crippen LogP contribution in [-0.2, 0) is 6.54 Å². The number of nitrogens with two attached hydrogens (primary N) is 2. The van der Waals surface area contributed by atoms with E-state index in [1.165, 1.54) is 12.1 Å². The zero-order valence-electron chi connectivity index (χ0n) is 9.61. The summed E-state index contributed by atoms with van der Waals surface area (Å²) < 4.78 is 16.8. The van der Waals surface area contributed by atoms with Gasteiger partial charge >= 0.3 is 0 Å². The van der Waals surface area contributed by atoms with E-state index in [1.54, 1.807) is 6.07 Å². The summed E-state index contributed by atoms with van der Waals surface area (Å²) in [5.74, 6) is -1.03. The molecule has 0 spiro atoms. The summed E-state index contributed by atoms with van der Waals surface area (Å²) in [6.45, 7) is 0.349. The number of hydrogen-bond acceptors (Lipinski definition) is 5. The number of halogens is 2. The highest BCUT2D eigenvalue weighted by Crippen LogP contribution is 2.27. The minimum absolute atomic E-state index is 0.0400. The topological polar surface area (TPSA) is 94.0 Å². The first-order valence-corrected chi connectivity index (χ1v) is 6.37. The number of anilines is 2. The minimum atomic E-state index is -0.647. The number of carbonyl (C=O) groups is 1.